The lowest BCUT2D eigenvalue weighted by atomic mass is 9.75. The Morgan fingerprint density at radius 3 is 2.08 bits per heavy atom. The zero-order valence-corrected chi connectivity index (χ0v) is 31.2. The molecule has 0 bridgehead atoms. The fraction of sp³-hybridized carbons (Fsp3) is 0.292. The Bertz CT molecular complexity index is 1850. The second-order valence-electron chi connectivity index (χ2n) is 13.9. The highest BCUT2D eigenvalue weighted by molar-refractivity contribution is 5.83. The average Bonchev–Trinajstić information content (AvgIpc) is 3.15. The van der Waals surface area contributed by atoms with Crippen molar-refractivity contribution in [3.63, 3.8) is 0 Å². The van der Waals surface area contributed by atoms with E-state index in [-0.39, 0.29) is 5.41 Å². The van der Waals surface area contributed by atoms with Crippen molar-refractivity contribution in [1.82, 2.24) is 4.90 Å². The van der Waals surface area contributed by atoms with Crippen molar-refractivity contribution in [3.05, 3.63) is 168 Å². The van der Waals surface area contributed by atoms with Crippen molar-refractivity contribution >= 4 is 11.3 Å². The third-order valence-electron chi connectivity index (χ3n) is 9.90. The van der Waals surface area contributed by atoms with Crippen LogP contribution in [0.15, 0.2) is 146 Å². The monoisotopic (exact) mass is 660 g/mol. The molecule has 2 aliphatic rings. The van der Waals surface area contributed by atoms with Crippen molar-refractivity contribution in [1.29, 1.82) is 0 Å². The van der Waals surface area contributed by atoms with Gasteiger partial charge in [-0.05, 0) is 108 Å². The average molecular weight is 661 g/mol. The molecule has 2 nitrogen and oxygen atoms in total. The van der Waals surface area contributed by atoms with Crippen LogP contribution in [0.1, 0.15) is 88.5 Å². The second-order valence-corrected chi connectivity index (χ2v) is 13.9. The number of anilines is 1. The van der Waals surface area contributed by atoms with Gasteiger partial charge in [0, 0.05) is 42.2 Å². The van der Waals surface area contributed by atoms with Gasteiger partial charge in [0.1, 0.15) is 0 Å². The van der Waals surface area contributed by atoms with Crippen molar-refractivity contribution in [2.24, 2.45) is 0 Å². The van der Waals surface area contributed by atoms with Crippen LogP contribution in [0.2, 0.25) is 0 Å². The van der Waals surface area contributed by atoms with E-state index < -0.39 is 0 Å². The molecule has 50 heavy (non-hydrogen) atoms. The molecule has 0 saturated carbocycles. The first-order valence-corrected chi connectivity index (χ1v) is 18.7. The van der Waals surface area contributed by atoms with Gasteiger partial charge in [0.05, 0.1) is 0 Å². The highest BCUT2D eigenvalue weighted by atomic mass is 15.1. The van der Waals surface area contributed by atoms with E-state index in [0.717, 1.165) is 25.8 Å². The molecule has 0 aromatic heterocycles. The van der Waals surface area contributed by atoms with E-state index in [9.17, 15) is 0 Å². The summed E-state index contributed by atoms with van der Waals surface area (Å²) in [6.07, 6.45) is 25.3. The van der Waals surface area contributed by atoms with Crippen LogP contribution >= 0.6 is 0 Å². The lowest BCUT2D eigenvalue weighted by Gasteiger charge is -2.34. The summed E-state index contributed by atoms with van der Waals surface area (Å²) in [6, 6.07) is 33.4. The molecule has 2 heteroatoms. The van der Waals surface area contributed by atoms with Crippen LogP contribution in [0, 0.1) is 13.8 Å². The molecule has 0 heterocycles. The van der Waals surface area contributed by atoms with Crippen LogP contribution < -0.4 is 5.32 Å². The van der Waals surface area contributed by atoms with Crippen molar-refractivity contribution in [3.8, 4) is 22.3 Å². The maximum Gasteiger partial charge on any atom is 0.0439 e. The number of allylic oxidation sites excluding steroid dienone is 8. The summed E-state index contributed by atoms with van der Waals surface area (Å²) in [5, 5.41) is 3.53. The summed E-state index contributed by atoms with van der Waals surface area (Å²) >= 11 is 0. The molecule has 4 aromatic rings. The van der Waals surface area contributed by atoms with E-state index in [1.165, 1.54) is 80.7 Å². The first kappa shape index (κ1) is 36.5. The van der Waals surface area contributed by atoms with E-state index in [2.05, 4.69) is 192 Å². The zero-order chi connectivity index (χ0) is 35.3. The molecule has 2 aliphatic carbocycles. The van der Waals surface area contributed by atoms with Gasteiger partial charge < -0.3 is 10.2 Å². The van der Waals surface area contributed by atoms with Crippen LogP contribution in [0.3, 0.4) is 0 Å². The summed E-state index contributed by atoms with van der Waals surface area (Å²) in [6.45, 7) is 14.2. The minimum atomic E-state index is -0.115. The molecule has 0 spiro atoms. The summed E-state index contributed by atoms with van der Waals surface area (Å²) in [7, 11) is 0. The molecule has 1 N–H and O–H groups in total. The van der Waals surface area contributed by atoms with Gasteiger partial charge in [-0.1, -0.05) is 143 Å². The fourth-order valence-corrected chi connectivity index (χ4v) is 6.91. The minimum absolute atomic E-state index is 0.115. The third-order valence-corrected chi connectivity index (χ3v) is 9.90. The largest absolute Gasteiger partial charge is 0.360 e. The van der Waals surface area contributed by atoms with Crippen LogP contribution in [-0.2, 0) is 5.41 Å². The Kier molecular flexibility index (Phi) is 12.9. The van der Waals surface area contributed by atoms with Crippen molar-refractivity contribution < 1.29 is 0 Å². The molecule has 0 fully saturated rings. The lowest BCUT2D eigenvalue weighted by molar-refractivity contribution is 0.424. The standard InChI is InChI=1S/C43H44N2.C5H12/c1-5-45(26-25-44-42-32(2)15-12-16-33(42)3)41-23-14-24-43(4,31-41)40-22-13-21-36(30-40)39-28-37(34-17-8-6-9-18-34)27-38(29-39)35-19-10-7-11-20-35;1-3-5-4-2/h6,8-10,12-30,44H,5,7,11,31H2,1-4H3;3-5H2,1-2H3/b26-25-;. The topological polar surface area (TPSA) is 15.3 Å². The number of aryl methyl sites for hydroxylation is 2. The van der Waals surface area contributed by atoms with E-state index >= 15 is 0 Å². The summed E-state index contributed by atoms with van der Waals surface area (Å²) in [4.78, 5) is 2.35. The summed E-state index contributed by atoms with van der Waals surface area (Å²) in [5.74, 6) is 0. The summed E-state index contributed by atoms with van der Waals surface area (Å²) in [5.41, 5.74) is 13.8. The number of rotatable bonds is 11. The van der Waals surface area contributed by atoms with Gasteiger partial charge in [-0.3, -0.25) is 0 Å². The van der Waals surface area contributed by atoms with Gasteiger partial charge in [-0.2, -0.15) is 0 Å². The SMILES string of the molecule is CCCCC.CCN(/C=C\Nc1c(C)cccc1C)C1=CC=CC(C)(c2cccc(-c3cc(C4=CCCC=C4)cc(-c4ccccc4)c3)c2)C1. The smallest absolute Gasteiger partial charge is 0.0439 e. The highest BCUT2D eigenvalue weighted by Gasteiger charge is 2.29. The number of hydrogen-bond acceptors (Lipinski definition) is 2. The molecule has 0 saturated heterocycles. The first-order valence-electron chi connectivity index (χ1n) is 18.7. The van der Waals surface area contributed by atoms with Crippen LogP contribution in [0.4, 0.5) is 5.69 Å². The molecule has 1 atom stereocenters. The lowest BCUT2D eigenvalue weighted by Crippen LogP contribution is -2.28. The van der Waals surface area contributed by atoms with Gasteiger partial charge >= 0.3 is 0 Å². The Morgan fingerprint density at radius 2 is 1.42 bits per heavy atom. The van der Waals surface area contributed by atoms with Crippen molar-refractivity contribution in [2.75, 3.05) is 11.9 Å². The van der Waals surface area contributed by atoms with Crippen LogP contribution in [0.5, 0.6) is 0 Å². The van der Waals surface area contributed by atoms with E-state index in [1.807, 2.05) is 0 Å². The number of benzene rings is 4. The molecular formula is C48H56N2. The van der Waals surface area contributed by atoms with Crippen LogP contribution in [-0.4, -0.2) is 11.4 Å². The van der Waals surface area contributed by atoms with Gasteiger partial charge in [-0.15, -0.1) is 0 Å². The first-order chi connectivity index (χ1) is 24.3. The van der Waals surface area contributed by atoms with Crippen LogP contribution in [0.25, 0.3) is 27.8 Å². The molecule has 6 rings (SSSR count). The zero-order valence-electron chi connectivity index (χ0n) is 31.2. The van der Waals surface area contributed by atoms with Gasteiger partial charge in [0.15, 0.2) is 0 Å². The number of nitrogens with one attached hydrogen (secondary N) is 1. The molecular weight excluding hydrogens is 605 g/mol. The number of para-hydroxylation sites is 1. The van der Waals surface area contributed by atoms with Gasteiger partial charge in [-0.25, -0.2) is 0 Å². The molecule has 1 unspecified atom stereocenters. The molecule has 4 aromatic carbocycles. The number of nitrogens with zero attached hydrogens (tertiary/aromatic N) is 1. The molecule has 258 valence electrons. The van der Waals surface area contributed by atoms with Crippen molar-refractivity contribution in [2.45, 2.75) is 85.5 Å². The minimum Gasteiger partial charge on any atom is -0.360 e. The molecule has 0 amide bonds. The normalized spacial score (nSPS) is 16.8. The highest BCUT2D eigenvalue weighted by Crippen LogP contribution is 2.39. The molecule has 0 aliphatic heterocycles. The predicted octanol–water partition coefficient (Wildman–Crippen LogP) is 13.6. The van der Waals surface area contributed by atoms with E-state index in [4.69, 9.17) is 0 Å². The molecule has 0 radical (unpaired) electrons. The maximum absolute atomic E-state index is 3.53. The predicted molar refractivity (Wildman–Crippen MR) is 219 cm³/mol. The summed E-state index contributed by atoms with van der Waals surface area (Å²) < 4.78 is 0. The Hall–Kier alpha value is -4.82. The fourth-order valence-electron chi connectivity index (χ4n) is 6.91. The Balaban J connectivity index is 0.000000908. The Morgan fingerprint density at radius 1 is 0.740 bits per heavy atom. The van der Waals surface area contributed by atoms with Gasteiger partial charge in [0.25, 0.3) is 0 Å². The van der Waals surface area contributed by atoms with E-state index in [1.54, 1.807) is 0 Å². The second kappa shape index (κ2) is 17.7. The Labute approximate surface area is 302 Å². The maximum atomic E-state index is 3.53. The van der Waals surface area contributed by atoms with Gasteiger partial charge in [0.2, 0.25) is 0 Å². The quantitative estimate of drug-likeness (QED) is 0.172. The number of hydrogen-bond donors (Lipinski definition) is 1. The van der Waals surface area contributed by atoms with E-state index in [0.29, 0.717) is 0 Å². The number of unbranched alkanes of at least 4 members (excludes halogenated alkanes) is 2. The third kappa shape index (κ3) is 9.24.